The zero-order chi connectivity index (χ0) is 22.1. The van der Waals surface area contributed by atoms with E-state index in [2.05, 4.69) is 59.9 Å². The summed E-state index contributed by atoms with van der Waals surface area (Å²) in [6.07, 6.45) is 5.88. The van der Waals surface area contributed by atoms with Crippen LogP contribution in [0.3, 0.4) is 0 Å². The van der Waals surface area contributed by atoms with Crippen LogP contribution >= 0.6 is 0 Å². The van der Waals surface area contributed by atoms with Crippen molar-refractivity contribution in [3.63, 3.8) is 0 Å². The highest BCUT2D eigenvalue weighted by molar-refractivity contribution is 6.74. The molecule has 0 heterocycles. The van der Waals surface area contributed by atoms with Gasteiger partial charge in [0.05, 0.1) is 18.3 Å². The molecule has 0 fully saturated rings. The number of aliphatic hydroxyl groups is 2. The van der Waals surface area contributed by atoms with E-state index < -0.39 is 14.4 Å². The van der Waals surface area contributed by atoms with Crippen molar-refractivity contribution in [1.29, 1.82) is 0 Å². The highest BCUT2D eigenvalue weighted by atomic mass is 28.4. The molecule has 0 aromatic carbocycles. The summed E-state index contributed by atoms with van der Waals surface area (Å²) in [7, 11) is -0.241. The molecule has 2 N–H and O–H groups in total. The molecule has 6 atom stereocenters. The van der Waals surface area contributed by atoms with Gasteiger partial charge in [-0.15, -0.1) is 0 Å². The SMILES string of the molecule is C/C=C/C[C@H](C)[C@@H](OC)[C@@H](C)[C@@H](C[C@@H](O)[C@H](CC)CO)O[Si](C)(C)C(C)(C)C. The molecule has 0 spiro atoms. The maximum Gasteiger partial charge on any atom is 0.192 e. The van der Waals surface area contributed by atoms with Gasteiger partial charge in [-0.25, -0.2) is 0 Å². The van der Waals surface area contributed by atoms with E-state index in [0.29, 0.717) is 12.3 Å². The first-order valence-electron chi connectivity index (χ1n) is 11.0. The lowest BCUT2D eigenvalue weighted by atomic mass is 9.83. The molecule has 0 aromatic rings. The van der Waals surface area contributed by atoms with Crippen LogP contribution in [0.15, 0.2) is 12.2 Å². The molecule has 0 saturated carbocycles. The predicted molar refractivity (Wildman–Crippen MR) is 122 cm³/mol. The Labute approximate surface area is 175 Å². The van der Waals surface area contributed by atoms with Crippen molar-refractivity contribution in [2.45, 2.75) is 104 Å². The number of hydrogen-bond donors (Lipinski definition) is 2. The third-order valence-electron chi connectivity index (χ3n) is 6.71. The smallest absolute Gasteiger partial charge is 0.192 e. The first-order valence-corrected chi connectivity index (χ1v) is 13.9. The molecule has 0 rings (SSSR count). The fourth-order valence-electron chi connectivity index (χ4n) is 3.54. The van der Waals surface area contributed by atoms with Crippen LogP contribution in [0.2, 0.25) is 18.1 Å². The minimum absolute atomic E-state index is 0.00423. The van der Waals surface area contributed by atoms with E-state index in [-0.39, 0.29) is 35.7 Å². The van der Waals surface area contributed by atoms with Gasteiger partial charge in [0.25, 0.3) is 0 Å². The Hall–Kier alpha value is -0.203. The molecule has 5 heteroatoms. The van der Waals surface area contributed by atoms with E-state index in [9.17, 15) is 10.2 Å². The van der Waals surface area contributed by atoms with Crippen molar-refractivity contribution in [2.75, 3.05) is 13.7 Å². The summed E-state index contributed by atoms with van der Waals surface area (Å²) in [5.74, 6) is 0.392. The lowest BCUT2D eigenvalue weighted by Crippen LogP contribution is -2.49. The normalized spacial score (nSPS) is 20.0. The molecule has 0 aliphatic heterocycles. The van der Waals surface area contributed by atoms with Gasteiger partial charge in [-0.3, -0.25) is 0 Å². The van der Waals surface area contributed by atoms with Crippen molar-refractivity contribution in [1.82, 2.24) is 0 Å². The highest BCUT2D eigenvalue weighted by Gasteiger charge is 2.42. The van der Waals surface area contributed by atoms with Crippen LogP contribution in [0, 0.1) is 17.8 Å². The van der Waals surface area contributed by atoms with E-state index in [1.54, 1.807) is 7.11 Å². The average Bonchev–Trinajstić information content (AvgIpc) is 2.59. The average molecular weight is 417 g/mol. The molecule has 168 valence electrons. The third kappa shape index (κ3) is 8.27. The van der Waals surface area contributed by atoms with Crippen molar-refractivity contribution < 1.29 is 19.4 Å². The molecule has 0 unspecified atom stereocenters. The maximum atomic E-state index is 10.8. The van der Waals surface area contributed by atoms with Crippen LogP contribution in [0.1, 0.15) is 67.7 Å². The van der Waals surface area contributed by atoms with Gasteiger partial charge in [0, 0.05) is 25.6 Å². The van der Waals surface area contributed by atoms with E-state index in [4.69, 9.17) is 9.16 Å². The van der Waals surface area contributed by atoms with Crippen LogP contribution in [0.25, 0.3) is 0 Å². The zero-order valence-corrected chi connectivity index (χ0v) is 21.2. The highest BCUT2D eigenvalue weighted by Crippen LogP contribution is 2.40. The topological polar surface area (TPSA) is 58.9 Å². The van der Waals surface area contributed by atoms with Crippen molar-refractivity contribution in [3.05, 3.63) is 12.2 Å². The Bertz CT molecular complexity index is 440. The molecular formula is C23H48O4Si. The van der Waals surface area contributed by atoms with Gasteiger partial charge in [-0.05, 0) is 50.2 Å². The standard InChI is InChI=1S/C23H48O4Si/c1-11-13-14-17(3)22(26-8)18(4)21(15-20(25)19(12-2)16-24)27-28(9,10)23(5,6)7/h11,13,17-22,24-25H,12,14-16H2,1-10H3/b13-11+/t17-,18-,19+,20+,21+,22+/m0/s1. The predicted octanol–water partition coefficient (Wildman–Crippen LogP) is 5.40. The summed E-state index contributed by atoms with van der Waals surface area (Å²) in [5, 5.41) is 20.5. The number of rotatable bonds is 13. The van der Waals surface area contributed by atoms with Gasteiger partial charge in [-0.2, -0.15) is 0 Å². The number of aliphatic hydroxyl groups excluding tert-OH is 2. The molecule has 0 aromatic heterocycles. The zero-order valence-electron chi connectivity index (χ0n) is 20.2. The molecule has 0 bridgehead atoms. The molecule has 0 aliphatic carbocycles. The van der Waals surface area contributed by atoms with Crippen LogP contribution in [0.5, 0.6) is 0 Å². The molecule has 28 heavy (non-hydrogen) atoms. The van der Waals surface area contributed by atoms with Gasteiger partial charge in [0.2, 0.25) is 0 Å². The maximum absolute atomic E-state index is 10.8. The first-order chi connectivity index (χ1) is 12.9. The minimum Gasteiger partial charge on any atom is -0.413 e. The first kappa shape index (κ1) is 27.8. The number of hydrogen-bond acceptors (Lipinski definition) is 4. The Kier molecular flexibility index (Phi) is 12.4. The summed E-state index contributed by atoms with van der Waals surface area (Å²) in [4.78, 5) is 0. The third-order valence-corrected chi connectivity index (χ3v) is 11.2. The second-order valence-electron chi connectivity index (χ2n) is 9.91. The van der Waals surface area contributed by atoms with Gasteiger partial charge >= 0.3 is 0 Å². The molecule has 0 aliphatic rings. The Morgan fingerprint density at radius 1 is 1.14 bits per heavy atom. The fraction of sp³-hybridized carbons (Fsp3) is 0.913. The summed E-state index contributed by atoms with van der Waals surface area (Å²) >= 11 is 0. The fourth-order valence-corrected chi connectivity index (χ4v) is 4.96. The Morgan fingerprint density at radius 2 is 1.71 bits per heavy atom. The molecule has 4 nitrogen and oxygen atoms in total. The van der Waals surface area contributed by atoms with Gasteiger partial charge in [0.1, 0.15) is 0 Å². The minimum atomic E-state index is -2.01. The van der Waals surface area contributed by atoms with Gasteiger partial charge < -0.3 is 19.4 Å². The van der Waals surface area contributed by atoms with E-state index >= 15 is 0 Å². The lowest BCUT2D eigenvalue weighted by Gasteiger charge is -2.43. The summed E-state index contributed by atoms with van der Waals surface area (Å²) < 4.78 is 12.7. The lowest BCUT2D eigenvalue weighted by molar-refractivity contribution is -0.0515. The summed E-state index contributed by atoms with van der Waals surface area (Å²) in [5.41, 5.74) is 0. The van der Waals surface area contributed by atoms with Crippen molar-refractivity contribution >= 4 is 8.32 Å². The Balaban J connectivity index is 5.66. The van der Waals surface area contributed by atoms with Gasteiger partial charge in [-0.1, -0.05) is 53.7 Å². The second-order valence-corrected chi connectivity index (χ2v) is 14.7. The van der Waals surface area contributed by atoms with Crippen molar-refractivity contribution in [2.24, 2.45) is 17.8 Å². The largest absolute Gasteiger partial charge is 0.413 e. The molecular weight excluding hydrogens is 368 g/mol. The van der Waals surface area contributed by atoms with Crippen LogP contribution in [0.4, 0.5) is 0 Å². The number of allylic oxidation sites excluding steroid dienone is 2. The second kappa shape index (κ2) is 12.5. The van der Waals surface area contributed by atoms with Gasteiger partial charge in [0.15, 0.2) is 8.32 Å². The van der Waals surface area contributed by atoms with Crippen molar-refractivity contribution in [3.8, 4) is 0 Å². The van der Waals surface area contributed by atoms with E-state index in [0.717, 1.165) is 12.8 Å². The summed E-state index contributed by atoms with van der Waals surface area (Å²) in [6, 6.07) is 0. The molecule has 0 radical (unpaired) electrons. The van der Waals surface area contributed by atoms with Crippen LogP contribution < -0.4 is 0 Å². The number of ether oxygens (including phenoxy) is 1. The summed E-state index contributed by atoms with van der Waals surface area (Å²) in [6.45, 7) is 19.7. The Morgan fingerprint density at radius 3 is 2.11 bits per heavy atom. The van der Waals surface area contributed by atoms with Crippen LogP contribution in [-0.4, -0.2) is 50.6 Å². The quantitative estimate of drug-likeness (QED) is 0.312. The number of methoxy groups -OCH3 is 1. The van der Waals surface area contributed by atoms with E-state index in [1.807, 2.05) is 13.8 Å². The van der Waals surface area contributed by atoms with Crippen LogP contribution in [-0.2, 0) is 9.16 Å². The molecule has 0 amide bonds. The monoisotopic (exact) mass is 416 g/mol. The van der Waals surface area contributed by atoms with E-state index in [1.165, 1.54) is 0 Å². The molecule has 0 saturated heterocycles.